The lowest BCUT2D eigenvalue weighted by atomic mass is 9.99. The number of carbonyl (C=O) groups excluding carboxylic acids is 3. The Morgan fingerprint density at radius 3 is 2.50 bits per heavy atom. The van der Waals surface area contributed by atoms with E-state index in [2.05, 4.69) is 21.2 Å². The van der Waals surface area contributed by atoms with Crippen LogP contribution in [-0.2, 0) is 14.3 Å². The summed E-state index contributed by atoms with van der Waals surface area (Å²) < 4.78 is 19.4. The van der Waals surface area contributed by atoms with Crippen LogP contribution in [0, 0.1) is 19.7 Å². The van der Waals surface area contributed by atoms with E-state index in [1.54, 1.807) is 12.1 Å². The van der Waals surface area contributed by atoms with Crippen molar-refractivity contribution in [3.05, 3.63) is 63.4 Å². The standard InChI is InChI=1S/C21H21BrFNO4/c1-12-4-5-13(2)16(10-12)19(25)8-9-20(26)28-14(3)21(27)24-18-7-6-15(22)11-17(18)23/h4-7,10-11,14H,8-9H2,1-3H3,(H,24,27). The largest absolute Gasteiger partial charge is 0.453 e. The van der Waals surface area contributed by atoms with Gasteiger partial charge in [0.1, 0.15) is 5.82 Å². The number of ketones is 1. The van der Waals surface area contributed by atoms with Gasteiger partial charge in [-0.05, 0) is 50.6 Å². The number of benzene rings is 2. The minimum atomic E-state index is -1.12. The summed E-state index contributed by atoms with van der Waals surface area (Å²) in [5.41, 5.74) is 2.36. The number of nitrogens with one attached hydrogen (secondary N) is 1. The SMILES string of the molecule is Cc1ccc(C)c(C(=O)CCC(=O)OC(C)C(=O)Nc2ccc(Br)cc2F)c1. The van der Waals surface area contributed by atoms with Gasteiger partial charge in [-0.1, -0.05) is 33.6 Å². The van der Waals surface area contributed by atoms with E-state index in [1.165, 1.54) is 19.1 Å². The van der Waals surface area contributed by atoms with Crippen LogP contribution in [0.5, 0.6) is 0 Å². The van der Waals surface area contributed by atoms with Crippen molar-refractivity contribution in [1.82, 2.24) is 0 Å². The highest BCUT2D eigenvalue weighted by atomic mass is 79.9. The average Bonchev–Trinajstić information content (AvgIpc) is 2.63. The lowest BCUT2D eigenvalue weighted by Crippen LogP contribution is -2.30. The number of rotatable bonds is 7. The van der Waals surface area contributed by atoms with Gasteiger partial charge in [-0.25, -0.2) is 4.39 Å². The minimum Gasteiger partial charge on any atom is -0.453 e. The van der Waals surface area contributed by atoms with Crippen LogP contribution in [0.15, 0.2) is 40.9 Å². The first kappa shape index (κ1) is 21.8. The Bertz CT molecular complexity index is 913. The van der Waals surface area contributed by atoms with E-state index in [0.29, 0.717) is 10.0 Å². The number of ether oxygens (including phenoxy) is 1. The molecule has 0 aliphatic carbocycles. The van der Waals surface area contributed by atoms with Crippen LogP contribution in [0.2, 0.25) is 0 Å². The highest BCUT2D eigenvalue weighted by molar-refractivity contribution is 9.10. The Hall–Kier alpha value is -2.54. The summed E-state index contributed by atoms with van der Waals surface area (Å²) in [7, 11) is 0. The normalized spacial score (nSPS) is 11.6. The number of hydrogen-bond acceptors (Lipinski definition) is 4. The summed E-state index contributed by atoms with van der Waals surface area (Å²) in [6.07, 6.45) is -1.28. The quantitative estimate of drug-likeness (QED) is 0.489. The summed E-state index contributed by atoms with van der Waals surface area (Å²) >= 11 is 3.13. The molecule has 0 saturated carbocycles. The molecule has 0 aromatic heterocycles. The molecule has 7 heteroatoms. The predicted octanol–water partition coefficient (Wildman–Crippen LogP) is 4.74. The molecule has 1 amide bonds. The first-order valence-electron chi connectivity index (χ1n) is 8.73. The van der Waals surface area contributed by atoms with E-state index in [4.69, 9.17) is 4.74 Å². The zero-order valence-corrected chi connectivity index (χ0v) is 17.4. The van der Waals surface area contributed by atoms with Crippen molar-refractivity contribution >= 4 is 39.3 Å². The first-order chi connectivity index (χ1) is 13.2. The molecule has 0 aliphatic rings. The molecule has 0 bridgehead atoms. The molecule has 2 aromatic carbocycles. The van der Waals surface area contributed by atoms with E-state index < -0.39 is 23.8 Å². The Kier molecular flexibility index (Phi) is 7.45. The Balaban J connectivity index is 1.87. The average molecular weight is 450 g/mol. The van der Waals surface area contributed by atoms with Gasteiger partial charge in [-0.2, -0.15) is 0 Å². The van der Waals surface area contributed by atoms with E-state index in [9.17, 15) is 18.8 Å². The lowest BCUT2D eigenvalue weighted by molar-refractivity contribution is -0.153. The molecule has 5 nitrogen and oxygen atoms in total. The van der Waals surface area contributed by atoms with Crippen molar-refractivity contribution in [2.24, 2.45) is 0 Å². The van der Waals surface area contributed by atoms with E-state index in [0.717, 1.165) is 11.1 Å². The van der Waals surface area contributed by atoms with Crippen LogP contribution in [0.1, 0.15) is 41.3 Å². The molecule has 0 heterocycles. The summed E-state index contributed by atoms with van der Waals surface area (Å²) in [6, 6.07) is 9.74. The van der Waals surface area contributed by atoms with Crippen molar-refractivity contribution in [2.45, 2.75) is 39.7 Å². The van der Waals surface area contributed by atoms with Crippen LogP contribution >= 0.6 is 15.9 Å². The summed E-state index contributed by atoms with van der Waals surface area (Å²) in [5.74, 6) is -2.10. The molecule has 0 aliphatic heterocycles. The van der Waals surface area contributed by atoms with Crippen molar-refractivity contribution in [3.63, 3.8) is 0 Å². The maximum Gasteiger partial charge on any atom is 0.307 e. The second kappa shape index (κ2) is 9.59. The second-order valence-corrected chi connectivity index (χ2v) is 7.40. The molecule has 0 saturated heterocycles. The van der Waals surface area contributed by atoms with Crippen LogP contribution in [0.4, 0.5) is 10.1 Å². The molecule has 1 atom stereocenters. The smallest absolute Gasteiger partial charge is 0.307 e. The Labute approximate surface area is 171 Å². The number of Topliss-reactive ketones (excluding diaryl/α,β-unsaturated/α-hetero) is 1. The number of anilines is 1. The molecular formula is C21H21BrFNO4. The maximum absolute atomic E-state index is 13.8. The third-order valence-electron chi connectivity index (χ3n) is 4.12. The van der Waals surface area contributed by atoms with Crippen molar-refractivity contribution in [1.29, 1.82) is 0 Å². The van der Waals surface area contributed by atoms with Crippen molar-refractivity contribution < 1.29 is 23.5 Å². The molecular weight excluding hydrogens is 429 g/mol. The van der Waals surface area contributed by atoms with Crippen molar-refractivity contribution in [2.75, 3.05) is 5.32 Å². The van der Waals surface area contributed by atoms with Crippen LogP contribution in [-0.4, -0.2) is 23.8 Å². The molecule has 148 valence electrons. The van der Waals surface area contributed by atoms with E-state index in [-0.39, 0.29) is 24.3 Å². The molecule has 0 spiro atoms. The Morgan fingerprint density at radius 1 is 1.11 bits per heavy atom. The molecule has 28 heavy (non-hydrogen) atoms. The van der Waals surface area contributed by atoms with Gasteiger partial charge >= 0.3 is 5.97 Å². The topological polar surface area (TPSA) is 72.5 Å². The fraction of sp³-hybridized carbons (Fsp3) is 0.286. The molecule has 2 rings (SSSR count). The van der Waals surface area contributed by atoms with Gasteiger partial charge in [0.05, 0.1) is 12.1 Å². The van der Waals surface area contributed by atoms with E-state index in [1.807, 2.05) is 26.0 Å². The third-order valence-corrected chi connectivity index (χ3v) is 4.61. The predicted molar refractivity (Wildman–Crippen MR) is 108 cm³/mol. The zero-order chi connectivity index (χ0) is 20.8. The number of esters is 1. The van der Waals surface area contributed by atoms with Gasteiger partial charge in [-0.3, -0.25) is 14.4 Å². The van der Waals surface area contributed by atoms with Gasteiger partial charge in [-0.15, -0.1) is 0 Å². The Morgan fingerprint density at radius 2 is 1.82 bits per heavy atom. The van der Waals surface area contributed by atoms with Gasteiger partial charge < -0.3 is 10.1 Å². The molecule has 1 unspecified atom stereocenters. The fourth-order valence-electron chi connectivity index (χ4n) is 2.52. The second-order valence-electron chi connectivity index (χ2n) is 6.49. The van der Waals surface area contributed by atoms with Crippen LogP contribution in [0.3, 0.4) is 0 Å². The van der Waals surface area contributed by atoms with Gasteiger partial charge in [0.25, 0.3) is 5.91 Å². The lowest BCUT2D eigenvalue weighted by Gasteiger charge is -2.14. The maximum atomic E-state index is 13.8. The number of hydrogen-bond donors (Lipinski definition) is 1. The molecule has 0 fully saturated rings. The monoisotopic (exact) mass is 449 g/mol. The summed E-state index contributed by atoms with van der Waals surface area (Å²) in [6.45, 7) is 5.11. The first-order valence-corrected chi connectivity index (χ1v) is 9.52. The number of carbonyl (C=O) groups is 3. The van der Waals surface area contributed by atoms with Gasteiger partial charge in [0, 0.05) is 16.5 Å². The summed E-state index contributed by atoms with van der Waals surface area (Å²) in [4.78, 5) is 36.4. The van der Waals surface area contributed by atoms with Crippen LogP contribution < -0.4 is 5.32 Å². The number of aryl methyl sites for hydroxylation is 2. The van der Waals surface area contributed by atoms with Crippen LogP contribution in [0.25, 0.3) is 0 Å². The molecule has 0 radical (unpaired) electrons. The third kappa shape index (κ3) is 5.99. The number of halogens is 2. The molecule has 2 aromatic rings. The minimum absolute atomic E-state index is 0.0128. The fourth-order valence-corrected chi connectivity index (χ4v) is 2.85. The number of amides is 1. The zero-order valence-electron chi connectivity index (χ0n) is 15.8. The highest BCUT2D eigenvalue weighted by Crippen LogP contribution is 2.20. The molecule has 1 N–H and O–H groups in total. The summed E-state index contributed by atoms with van der Waals surface area (Å²) in [5, 5.41) is 2.37. The van der Waals surface area contributed by atoms with Crippen molar-refractivity contribution in [3.8, 4) is 0 Å². The highest BCUT2D eigenvalue weighted by Gasteiger charge is 2.20. The van der Waals surface area contributed by atoms with Gasteiger partial charge in [0.15, 0.2) is 11.9 Å². The van der Waals surface area contributed by atoms with E-state index >= 15 is 0 Å². The van der Waals surface area contributed by atoms with Gasteiger partial charge in [0.2, 0.25) is 0 Å².